The number of nitrogens with one attached hydrogen (secondary N) is 1. The second-order valence-electron chi connectivity index (χ2n) is 6.73. The Labute approximate surface area is 147 Å². The van der Waals surface area contributed by atoms with Gasteiger partial charge in [0.25, 0.3) is 0 Å². The largest absolute Gasteiger partial charge is 0.348 e. The van der Waals surface area contributed by atoms with E-state index in [0.29, 0.717) is 12.6 Å². The zero-order valence-electron chi connectivity index (χ0n) is 14.3. The van der Waals surface area contributed by atoms with E-state index in [1.54, 1.807) is 6.20 Å². The topological polar surface area (TPSA) is 50.2 Å². The van der Waals surface area contributed by atoms with Crippen molar-refractivity contribution in [1.82, 2.24) is 20.0 Å². The average Bonchev–Trinajstić information content (AvgIpc) is 3.11. The number of nitrogens with zero attached hydrogens (tertiary/aromatic N) is 3. The minimum absolute atomic E-state index is 0.000273. The van der Waals surface area contributed by atoms with Gasteiger partial charge in [-0.25, -0.2) is 0 Å². The summed E-state index contributed by atoms with van der Waals surface area (Å²) in [6, 6.07) is 16.9. The molecule has 0 unspecified atom stereocenters. The molecule has 0 aliphatic carbocycles. The molecule has 0 radical (unpaired) electrons. The van der Waals surface area contributed by atoms with Crippen LogP contribution in [0.5, 0.6) is 0 Å². The van der Waals surface area contributed by atoms with Gasteiger partial charge in [-0.1, -0.05) is 36.4 Å². The Kier molecular flexibility index (Phi) is 4.24. The zero-order chi connectivity index (χ0) is 17.2. The Bertz CT molecular complexity index is 868. The second kappa shape index (κ2) is 6.69. The van der Waals surface area contributed by atoms with Gasteiger partial charge in [0, 0.05) is 25.5 Å². The van der Waals surface area contributed by atoms with Crippen LogP contribution in [0.15, 0.2) is 60.9 Å². The molecule has 2 aromatic carbocycles. The molecule has 0 saturated carbocycles. The average molecular weight is 334 g/mol. The predicted molar refractivity (Wildman–Crippen MR) is 98.2 cm³/mol. The van der Waals surface area contributed by atoms with E-state index in [-0.39, 0.29) is 11.9 Å². The monoisotopic (exact) mass is 334 g/mol. The molecule has 128 valence electrons. The highest BCUT2D eigenvalue weighted by atomic mass is 16.2. The van der Waals surface area contributed by atoms with Crippen molar-refractivity contribution >= 4 is 16.7 Å². The van der Waals surface area contributed by atoms with Gasteiger partial charge in [-0.05, 0) is 35.4 Å². The Hall–Kier alpha value is -2.66. The summed E-state index contributed by atoms with van der Waals surface area (Å²) in [5, 5.41) is 9.78. The van der Waals surface area contributed by atoms with E-state index < -0.39 is 0 Å². The number of rotatable bonds is 5. The number of aromatic nitrogens is 2. The first-order chi connectivity index (χ1) is 12.2. The fraction of sp³-hybridized carbons (Fsp3) is 0.300. The van der Waals surface area contributed by atoms with Crippen molar-refractivity contribution in [3.63, 3.8) is 0 Å². The van der Waals surface area contributed by atoms with Crippen molar-refractivity contribution in [2.45, 2.75) is 19.0 Å². The first-order valence-corrected chi connectivity index (χ1v) is 8.68. The molecule has 0 bridgehead atoms. The van der Waals surface area contributed by atoms with Gasteiger partial charge in [0.05, 0.1) is 18.6 Å². The van der Waals surface area contributed by atoms with Gasteiger partial charge < -0.3 is 5.32 Å². The van der Waals surface area contributed by atoms with E-state index in [1.807, 2.05) is 36.0 Å². The molecule has 25 heavy (non-hydrogen) atoms. The fourth-order valence-corrected chi connectivity index (χ4v) is 3.39. The van der Waals surface area contributed by atoms with Crippen LogP contribution in [-0.2, 0) is 4.79 Å². The van der Waals surface area contributed by atoms with Crippen molar-refractivity contribution in [2.24, 2.45) is 0 Å². The summed E-state index contributed by atoms with van der Waals surface area (Å²) >= 11 is 0. The third-order valence-corrected chi connectivity index (χ3v) is 4.86. The van der Waals surface area contributed by atoms with Gasteiger partial charge in [-0.15, -0.1) is 0 Å². The summed E-state index contributed by atoms with van der Waals surface area (Å²) in [5.41, 5.74) is 1.13. The van der Waals surface area contributed by atoms with Gasteiger partial charge in [-0.3, -0.25) is 14.4 Å². The minimum atomic E-state index is 0.000273. The molecule has 3 aromatic rings. The molecule has 5 nitrogen and oxygen atoms in total. The molecule has 5 heteroatoms. The molecule has 1 atom stereocenters. The van der Waals surface area contributed by atoms with Gasteiger partial charge in [-0.2, -0.15) is 5.10 Å². The SMILES string of the molecule is C[C@@H](NC(=O)CN1CC(n2cccn2)C1)c1ccc2ccccc2c1. The van der Waals surface area contributed by atoms with Crippen LogP contribution in [0.25, 0.3) is 10.8 Å². The molecule has 1 saturated heterocycles. The number of carbonyl (C=O) groups is 1. The number of likely N-dealkylation sites (tertiary alicyclic amines) is 1. The summed E-state index contributed by atoms with van der Waals surface area (Å²) in [7, 11) is 0. The lowest BCUT2D eigenvalue weighted by Gasteiger charge is -2.38. The standard InChI is InChI=1S/C20H22N4O/c1-15(17-8-7-16-5-2-3-6-18(16)11-17)22-20(25)14-23-12-19(13-23)24-10-4-9-21-24/h2-11,15,19H,12-14H2,1H3,(H,22,25)/t15-/m1/s1. The van der Waals surface area contributed by atoms with E-state index in [1.165, 1.54) is 10.8 Å². The highest BCUT2D eigenvalue weighted by Crippen LogP contribution is 2.21. The summed E-state index contributed by atoms with van der Waals surface area (Å²) in [4.78, 5) is 14.5. The quantitative estimate of drug-likeness (QED) is 0.780. The van der Waals surface area contributed by atoms with Crippen molar-refractivity contribution < 1.29 is 4.79 Å². The molecule has 1 aliphatic rings. The molecule has 1 aromatic heterocycles. The summed E-state index contributed by atoms with van der Waals surface area (Å²) in [6.07, 6.45) is 3.77. The van der Waals surface area contributed by atoms with Gasteiger partial charge in [0.1, 0.15) is 0 Å². The van der Waals surface area contributed by atoms with E-state index >= 15 is 0 Å². The van der Waals surface area contributed by atoms with Crippen LogP contribution in [0.4, 0.5) is 0 Å². The maximum atomic E-state index is 12.3. The van der Waals surface area contributed by atoms with Crippen LogP contribution in [0.2, 0.25) is 0 Å². The molecule has 1 N–H and O–H groups in total. The zero-order valence-corrected chi connectivity index (χ0v) is 14.3. The molecular formula is C20H22N4O. The lowest BCUT2D eigenvalue weighted by molar-refractivity contribution is -0.124. The Balaban J connectivity index is 1.31. The number of fused-ring (bicyclic) bond motifs is 1. The smallest absolute Gasteiger partial charge is 0.234 e. The normalized spacial score (nSPS) is 16.5. The van der Waals surface area contributed by atoms with Gasteiger partial charge in [0.15, 0.2) is 0 Å². The third-order valence-electron chi connectivity index (χ3n) is 4.86. The first kappa shape index (κ1) is 15.8. The number of carbonyl (C=O) groups excluding carboxylic acids is 1. The minimum Gasteiger partial charge on any atom is -0.348 e. The Morgan fingerprint density at radius 3 is 2.76 bits per heavy atom. The van der Waals surface area contributed by atoms with Gasteiger partial charge >= 0.3 is 0 Å². The highest BCUT2D eigenvalue weighted by molar-refractivity contribution is 5.83. The molecule has 1 fully saturated rings. The molecular weight excluding hydrogens is 312 g/mol. The molecule has 4 rings (SSSR count). The van der Waals surface area contributed by atoms with Crippen molar-refractivity contribution in [3.05, 3.63) is 66.5 Å². The van der Waals surface area contributed by atoms with Crippen molar-refractivity contribution in [1.29, 1.82) is 0 Å². The lowest BCUT2D eigenvalue weighted by Crippen LogP contribution is -2.51. The lowest BCUT2D eigenvalue weighted by atomic mass is 10.0. The van der Waals surface area contributed by atoms with Crippen LogP contribution in [0, 0.1) is 0 Å². The highest BCUT2D eigenvalue weighted by Gasteiger charge is 2.29. The van der Waals surface area contributed by atoms with Crippen LogP contribution < -0.4 is 5.32 Å². The molecule has 1 amide bonds. The fourth-order valence-electron chi connectivity index (χ4n) is 3.39. The van der Waals surface area contributed by atoms with Crippen LogP contribution in [-0.4, -0.2) is 40.2 Å². The van der Waals surface area contributed by atoms with Crippen molar-refractivity contribution in [2.75, 3.05) is 19.6 Å². The molecule has 0 spiro atoms. The number of amides is 1. The maximum absolute atomic E-state index is 12.3. The van der Waals surface area contributed by atoms with Crippen molar-refractivity contribution in [3.8, 4) is 0 Å². The summed E-state index contributed by atoms with van der Waals surface area (Å²) in [5.74, 6) is 0.0690. The van der Waals surface area contributed by atoms with Crippen LogP contribution in [0.3, 0.4) is 0 Å². The van der Waals surface area contributed by atoms with E-state index in [9.17, 15) is 4.79 Å². The summed E-state index contributed by atoms with van der Waals surface area (Å²) < 4.78 is 1.96. The maximum Gasteiger partial charge on any atom is 0.234 e. The Morgan fingerprint density at radius 1 is 1.20 bits per heavy atom. The van der Waals surface area contributed by atoms with E-state index in [0.717, 1.165) is 18.7 Å². The summed E-state index contributed by atoms with van der Waals surface area (Å²) in [6.45, 7) is 4.22. The van der Waals surface area contributed by atoms with Gasteiger partial charge in [0.2, 0.25) is 5.91 Å². The number of hydrogen-bond donors (Lipinski definition) is 1. The first-order valence-electron chi connectivity index (χ1n) is 8.68. The molecule has 1 aliphatic heterocycles. The molecule has 2 heterocycles. The Morgan fingerprint density at radius 2 is 2.00 bits per heavy atom. The second-order valence-corrected chi connectivity index (χ2v) is 6.73. The number of benzene rings is 2. The van der Waals surface area contributed by atoms with E-state index in [4.69, 9.17) is 0 Å². The van der Waals surface area contributed by atoms with E-state index in [2.05, 4.69) is 45.6 Å². The van der Waals surface area contributed by atoms with Crippen LogP contribution >= 0.6 is 0 Å². The number of hydrogen-bond acceptors (Lipinski definition) is 3. The third kappa shape index (κ3) is 3.42. The predicted octanol–water partition coefficient (Wildman–Crippen LogP) is 2.77. The van der Waals surface area contributed by atoms with Crippen LogP contribution in [0.1, 0.15) is 24.6 Å².